The summed E-state index contributed by atoms with van der Waals surface area (Å²) in [7, 11) is 0. The van der Waals surface area contributed by atoms with Crippen molar-refractivity contribution >= 4 is 22.5 Å². The molecule has 0 amide bonds. The Morgan fingerprint density at radius 3 is 2.63 bits per heavy atom. The molecule has 19 heavy (non-hydrogen) atoms. The van der Waals surface area contributed by atoms with Crippen LogP contribution in [0.2, 0.25) is 0 Å². The fraction of sp³-hybridized carbons (Fsp3) is 0.467. The van der Waals surface area contributed by atoms with Crippen molar-refractivity contribution in [2.75, 3.05) is 0 Å². The Kier molecular flexibility index (Phi) is 2.90. The van der Waals surface area contributed by atoms with Crippen LogP contribution < -0.4 is 5.56 Å². The zero-order chi connectivity index (χ0) is 13.6. The molecule has 3 rings (SSSR count). The molecule has 2 aromatic rings. The Bertz CT molecular complexity index is 686. The average molecular weight is 277 g/mol. The summed E-state index contributed by atoms with van der Waals surface area (Å²) in [6, 6.07) is 7.48. The number of alkyl halides is 1. The van der Waals surface area contributed by atoms with Crippen LogP contribution in [0, 0.1) is 0 Å². The minimum absolute atomic E-state index is 0.0373. The summed E-state index contributed by atoms with van der Waals surface area (Å²) < 4.78 is 1.83. The van der Waals surface area contributed by atoms with Gasteiger partial charge in [0.25, 0.3) is 5.56 Å². The predicted molar refractivity (Wildman–Crippen MR) is 77.8 cm³/mol. The van der Waals surface area contributed by atoms with E-state index in [4.69, 9.17) is 11.6 Å². The number of hydrogen-bond acceptors (Lipinski definition) is 2. The van der Waals surface area contributed by atoms with Crippen LogP contribution >= 0.6 is 11.6 Å². The van der Waals surface area contributed by atoms with Gasteiger partial charge in [0.1, 0.15) is 5.82 Å². The van der Waals surface area contributed by atoms with E-state index in [0.29, 0.717) is 11.2 Å². The van der Waals surface area contributed by atoms with Crippen molar-refractivity contribution in [2.45, 2.75) is 44.0 Å². The van der Waals surface area contributed by atoms with Crippen LogP contribution in [0.5, 0.6) is 0 Å². The van der Waals surface area contributed by atoms with Crippen LogP contribution in [-0.4, -0.2) is 9.55 Å². The van der Waals surface area contributed by atoms with E-state index in [9.17, 15) is 4.79 Å². The Labute approximate surface area is 117 Å². The molecular weight excluding hydrogens is 260 g/mol. The molecule has 0 saturated heterocycles. The summed E-state index contributed by atoms with van der Waals surface area (Å²) in [4.78, 5) is 17.4. The maximum absolute atomic E-state index is 12.8. The first-order valence-corrected chi connectivity index (χ1v) is 7.13. The molecule has 1 aliphatic carbocycles. The Morgan fingerprint density at radius 1 is 1.37 bits per heavy atom. The highest BCUT2D eigenvalue weighted by Crippen LogP contribution is 2.39. The molecule has 1 saturated carbocycles. The van der Waals surface area contributed by atoms with Gasteiger partial charge in [0.05, 0.1) is 16.3 Å². The third-order valence-corrected chi connectivity index (χ3v) is 4.32. The normalized spacial score (nSPS) is 19.1. The standard InChI is InChI=1S/C15H17ClN2O/c1-10(16)13-17-12-7-4-3-6-11(12)14(19)18(13)15(2)8-5-9-15/h3-4,6-7,10H,5,8-9H2,1-2H3. The van der Waals surface area contributed by atoms with Gasteiger partial charge in [-0.15, -0.1) is 11.6 Å². The Morgan fingerprint density at radius 2 is 2.05 bits per heavy atom. The highest BCUT2D eigenvalue weighted by atomic mass is 35.5. The maximum Gasteiger partial charge on any atom is 0.261 e. The lowest BCUT2D eigenvalue weighted by Gasteiger charge is -2.41. The highest BCUT2D eigenvalue weighted by molar-refractivity contribution is 6.20. The van der Waals surface area contributed by atoms with Crippen LogP contribution in [0.4, 0.5) is 0 Å². The number of rotatable bonds is 2. The first-order chi connectivity index (χ1) is 9.03. The van der Waals surface area contributed by atoms with Crippen LogP contribution in [-0.2, 0) is 5.54 Å². The topological polar surface area (TPSA) is 34.9 Å². The fourth-order valence-corrected chi connectivity index (χ4v) is 3.00. The van der Waals surface area contributed by atoms with E-state index in [1.54, 1.807) is 0 Å². The van der Waals surface area contributed by atoms with Crippen molar-refractivity contribution in [3.05, 3.63) is 40.4 Å². The summed E-state index contributed by atoms with van der Waals surface area (Å²) in [6.45, 7) is 3.99. The molecular formula is C15H17ClN2O. The largest absolute Gasteiger partial charge is 0.289 e. The molecule has 1 aromatic carbocycles. The van der Waals surface area contributed by atoms with E-state index >= 15 is 0 Å². The number of para-hydroxylation sites is 1. The maximum atomic E-state index is 12.8. The molecule has 1 atom stereocenters. The van der Waals surface area contributed by atoms with Gasteiger partial charge in [-0.25, -0.2) is 4.98 Å². The van der Waals surface area contributed by atoms with Crippen LogP contribution in [0.25, 0.3) is 10.9 Å². The number of nitrogens with zero attached hydrogens (tertiary/aromatic N) is 2. The van der Waals surface area contributed by atoms with Gasteiger partial charge in [0.15, 0.2) is 0 Å². The van der Waals surface area contributed by atoms with Gasteiger partial charge in [-0.2, -0.15) is 0 Å². The fourth-order valence-electron chi connectivity index (χ4n) is 2.85. The summed E-state index contributed by atoms with van der Waals surface area (Å²) in [5, 5.41) is 0.409. The number of aromatic nitrogens is 2. The van der Waals surface area contributed by atoms with Crippen LogP contribution in [0.3, 0.4) is 0 Å². The van der Waals surface area contributed by atoms with Gasteiger partial charge in [0.2, 0.25) is 0 Å². The molecule has 0 aliphatic heterocycles. The second-order valence-corrected chi connectivity index (χ2v) is 6.25. The lowest BCUT2D eigenvalue weighted by atomic mass is 9.78. The van der Waals surface area contributed by atoms with Gasteiger partial charge in [-0.1, -0.05) is 12.1 Å². The number of halogens is 1. The van der Waals surface area contributed by atoms with Crippen molar-refractivity contribution in [1.29, 1.82) is 0 Å². The summed E-state index contributed by atoms with van der Waals surface area (Å²) >= 11 is 6.25. The quantitative estimate of drug-likeness (QED) is 0.786. The molecule has 3 nitrogen and oxygen atoms in total. The molecule has 1 unspecified atom stereocenters. The molecule has 1 aromatic heterocycles. The van der Waals surface area contributed by atoms with Gasteiger partial charge in [-0.3, -0.25) is 9.36 Å². The van der Waals surface area contributed by atoms with Crippen LogP contribution in [0.1, 0.15) is 44.3 Å². The van der Waals surface area contributed by atoms with E-state index < -0.39 is 0 Å². The van der Waals surface area contributed by atoms with Crippen molar-refractivity contribution in [2.24, 2.45) is 0 Å². The molecule has 4 heteroatoms. The molecule has 0 bridgehead atoms. The van der Waals surface area contributed by atoms with Gasteiger partial charge in [-0.05, 0) is 45.2 Å². The van der Waals surface area contributed by atoms with Crippen molar-refractivity contribution in [3.8, 4) is 0 Å². The second-order valence-electron chi connectivity index (χ2n) is 5.59. The van der Waals surface area contributed by atoms with E-state index in [-0.39, 0.29) is 16.5 Å². The summed E-state index contributed by atoms with van der Waals surface area (Å²) in [5.41, 5.74) is 0.650. The number of benzene rings is 1. The molecule has 1 heterocycles. The first-order valence-electron chi connectivity index (χ1n) is 6.69. The zero-order valence-corrected chi connectivity index (χ0v) is 11.9. The molecule has 1 fully saturated rings. The van der Waals surface area contributed by atoms with E-state index in [1.165, 1.54) is 0 Å². The Hall–Kier alpha value is -1.35. The number of hydrogen-bond donors (Lipinski definition) is 0. The molecule has 0 radical (unpaired) electrons. The number of fused-ring (bicyclic) bond motifs is 1. The lowest BCUT2D eigenvalue weighted by Crippen LogP contribution is -2.46. The SMILES string of the molecule is CC(Cl)c1nc2ccccc2c(=O)n1C1(C)CCC1. The third-order valence-electron chi connectivity index (χ3n) is 4.13. The molecule has 100 valence electrons. The monoisotopic (exact) mass is 276 g/mol. The molecule has 1 aliphatic rings. The molecule has 0 spiro atoms. The first kappa shape index (κ1) is 12.7. The van der Waals surface area contributed by atoms with E-state index in [2.05, 4.69) is 11.9 Å². The summed E-state index contributed by atoms with van der Waals surface area (Å²) in [5.74, 6) is 0.688. The molecule has 0 N–H and O–H groups in total. The van der Waals surface area contributed by atoms with Crippen molar-refractivity contribution < 1.29 is 0 Å². The van der Waals surface area contributed by atoms with E-state index in [0.717, 1.165) is 24.8 Å². The summed E-state index contributed by atoms with van der Waals surface area (Å²) in [6.07, 6.45) is 3.19. The zero-order valence-electron chi connectivity index (χ0n) is 11.2. The van der Waals surface area contributed by atoms with Gasteiger partial charge in [0, 0.05) is 5.54 Å². The van der Waals surface area contributed by atoms with Crippen LogP contribution in [0.15, 0.2) is 29.1 Å². The Balaban J connectivity index is 2.37. The smallest absolute Gasteiger partial charge is 0.261 e. The third kappa shape index (κ3) is 1.88. The minimum atomic E-state index is -0.269. The van der Waals surface area contributed by atoms with Crippen molar-refractivity contribution in [3.63, 3.8) is 0 Å². The minimum Gasteiger partial charge on any atom is -0.289 e. The van der Waals surface area contributed by atoms with Gasteiger partial charge < -0.3 is 0 Å². The van der Waals surface area contributed by atoms with Crippen molar-refractivity contribution in [1.82, 2.24) is 9.55 Å². The van der Waals surface area contributed by atoms with Gasteiger partial charge >= 0.3 is 0 Å². The van der Waals surface area contributed by atoms with E-state index in [1.807, 2.05) is 35.8 Å². The lowest BCUT2D eigenvalue weighted by molar-refractivity contribution is 0.157. The highest BCUT2D eigenvalue weighted by Gasteiger charge is 2.37. The predicted octanol–water partition coefficient (Wildman–Crippen LogP) is 3.60. The average Bonchev–Trinajstić information content (AvgIpc) is 2.36. The second kappa shape index (κ2) is 4.34.